The second kappa shape index (κ2) is 7.48. The van der Waals surface area contributed by atoms with Gasteiger partial charge in [0.05, 0.1) is 13.2 Å². The summed E-state index contributed by atoms with van der Waals surface area (Å²) in [6.45, 7) is 10.2. The first-order valence-corrected chi connectivity index (χ1v) is 7.48. The summed E-state index contributed by atoms with van der Waals surface area (Å²) in [6, 6.07) is -1.38. The van der Waals surface area contributed by atoms with Gasteiger partial charge in [-0.3, -0.25) is 9.69 Å². The van der Waals surface area contributed by atoms with Gasteiger partial charge >= 0.3 is 18.0 Å². The van der Waals surface area contributed by atoms with Crippen molar-refractivity contribution in [3.8, 4) is 0 Å². The van der Waals surface area contributed by atoms with Crippen molar-refractivity contribution in [2.24, 2.45) is 0 Å². The zero-order valence-electron chi connectivity index (χ0n) is 14.3. The molecule has 0 saturated carbocycles. The predicted octanol–water partition coefficient (Wildman–Crippen LogP) is 2.05. The second-order valence-electron chi connectivity index (χ2n) is 6.40. The molecule has 1 aliphatic rings. The lowest BCUT2D eigenvalue weighted by molar-refractivity contribution is -0.148. The van der Waals surface area contributed by atoms with E-state index < -0.39 is 41.8 Å². The zero-order chi connectivity index (χ0) is 17.8. The number of ether oxygens (including phenoxy) is 3. The molecule has 0 radical (unpaired) electrons. The Morgan fingerprint density at radius 2 is 1.91 bits per heavy atom. The number of methoxy groups -OCH3 is 1. The summed E-state index contributed by atoms with van der Waals surface area (Å²) in [5.74, 6) is -1.04. The van der Waals surface area contributed by atoms with Gasteiger partial charge in [-0.05, 0) is 27.2 Å². The minimum atomic E-state index is -0.857. The number of esters is 2. The molecular formula is C16H25NO6. The summed E-state index contributed by atoms with van der Waals surface area (Å²) < 4.78 is 15.4. The molecule has 1 fully saturated rings. The van der Waals surface area contributed by atoms with E-state index in [1.54, 1.807) is 26.8 Å². The van der Waals surface area contributed by atoms with Gasteiger partial charge in [0.2, 0.25) is 0 Å². The molecule has 0 aromatic rings. The number of hydrogen-bond acceptors (Lipinski definition) is 6. The average molecular weight is 327 g/mol. The first kappa shape index (κ1) is 19.0. The Morgan fingerprint density at radius 3 is 2.35 bits per heavy atom. The molecule has 0 N–H and O–H groups in total. The van der Waals surface area contributed by atoms with Crippen LogP contribution in [0.2, 0.25) is 0 Å². The third-order valence-corrected chi connectivity index (χ3v) is 3.38. The van der Waals surface area contributed by atoms with E-state index in [0.29, 0.717) is 6.42 Å². The van der Waals surface area contributed by atoms with Gasteiger partial charge in [-0.25, -0.2) is 9.59 Å². The van der Waals surface area contributed by atoms with E-state index in [1.165, 1.54) is 18.9 Å². The van der Waals surface area contributed by atoms with E-state index in [9.17, 15) is 14.4 Å². The van der Waals surface area contributed by atoms with E-state index >= 15 is 0 Å². The minimum Gasteiger partial charge on any atom is -0.467 e. The normalized spacial score (nSPS) is 24.0. The standard InChI is InChI=1S/C16H25NO6/c1-7-8-11-13(22-10(2)18)9-12(14(19)21-6)17(11)15(20)23-16(3,4)5/h7,11-13H,1,8-9H2,2-6H3/t11-,12-,13+/m0/s1. The number of nitrogens with zero attached hydrogens (tertiary/aromatic N) is 1. The maximum atomic E-state index is 12.5. The van der Waals surface area contributed by atoms with E-state index in [4.69, 9.17) is 14.2 Å². The van der Waals surface area contributed by atoms with Gasteiger partial charge < -0.3 is 14.2 Å². The smallest absolute Gasteiger partial charge is 0.411 e. The lowest BCUT2D eigenvalue weighted by Gasteiger charge is -2.31. The molecular weight excluding hydrogens is 302 g/mol. The number of carbonyl (C=O) groups is 3. The minimum absolute atomic E-state index is 0.171. The fraction of sp³-hybridized carbons (Fsp3) is 0.688. The lowest BCUT2D eigenvalue weighted by atomic mass is 10.1. The van der Waals surface area contributed by atoms with Crippen LogP contribution >= 0.6 is 0 Å². The van der Waals surface area contributed by atoms with Gasteiger partial charge in [0.1, 0.15) is 17.7 Å². The Kier molecular flexibility index (Phi) is 6.18. The monoisotopic (exact) mass is 327 g/mol. The van der Waals surface area contributed by atoms with Gasteiger partial charge in [-0.2, -0.15) is 0 Å². The van der Waals surface area contributed by atoms with Crippen molar-refractivity contribution in [2.45, 2.75) is 64.3 Å². The Bertz CT molecular complexity index is 481. The van der Waals surface area contributed by atoms with Crippen LogP contribution in [0.25, 0.3) is 0 Å². The number of amides is 1. The van der Waals surface area contributed by atoms with Crippen molar-refractivity contribution in [3.05, 3.63) is 12.7 Å². The molecule has 7 nitrogen and oxygen atoms in total. The van der Waals surface area contributed by atoms with Crippen molar-refractivity contribution in [2.75, 3.05) is 7.11 Å². The number of carbonyl (C=O) groups excluding carboxylic acids is 3. The molecule has 130 valence electrons. The molecule has 1 amide bonds. The Morgan fingerprint density at radius 1 is 1.30 bits per heavy atom. The van der Waals surface area contributed by atoms with Crippen LogP contribution in [0.3, 0.4) is 0 Å². The lowest BCUT2D eigenvalue weighted by Crippen LogP contribution is -2.48. The summed E-state index contributed by atoms with van der Waals surface area (Å²) in [4.78, 5) is 37.2. The van der Waals surface area contributed by atoms with Crippen molar-refractivity contribution in [3.63, 3.8) is 0 Å². The summed E-state index contributed by atoms with van der Waals surface area (Å²) in [7, 11) is 1.25. The molecule has 1 aliphatic heterocycles. The topological polar surface area (TPSA) is 82.1 Å². The SMILES string of the molecule is C=CC[C@H]1[C@H](OC(C)=O)C[C@@H](C(=O)OC)N1C(=O)OC(C)(C)C. The quantitative estimate of drug-likeness (QED) is 0.446. The largest absolute Gasteiger partial charge is 0.467 e. The zero-order valence-corrected chi connectivity index (χ0v) is 14.3. The number of hydrogen-bond donors (Lipinski definition) is 0. The molecule has 23 heavy (non-hydrogen) atoms. The molecule has 0 bridgehead atoms. The van der Waals surface area contributed by atoms with Crippen LogP contribution in [0, 0.1) is 0 Å². The highest BCUT2D eigenvalue weighted by Gasteiger charge is 2.50. The summed E-state index contributed by atoms with van der Waals surface area (Å²) in [5, 5.41) is 0. The summed E-state index contributed by atoms with van der Waals surface area (Å²) in [5.41, 5.74) is -0.712. The van der Waals surface area contributed by atoms with Crippen molar-refractivity contribution < 1.29 is 28.6 Å². The fourth-order valence-electron chi connectivity index (χ4n) is 2.60. The summed E-state index contributed by atoms with van der Waals surface area (Å²) in [6.07, 6.45) is 0.892. The first-order valence-electron chi connectivity index (χ1n) is 7.48. The van der Waals surface area contributed by atoms with Crippen LogP contribution in [0.4, 0.5) is 4.79 Å². The van der Waals surface area contributed by atoms with Gasteiger partial charge in [0.15, 0.2) is 0 Å². The van der Waals surface area contributed by atoms with Crippen LogP contribution in [0.5, 0.6) is 0 Å². The molecule has 7 heteroatoms. The van der Waals surface area contributed by atoms with Crippen LogP contribution in [-0.4, -0.2) is 53.8 Å². The molecule has 1 saturated heterocycles. The Balaban J connectivity index is 3.13. The molecule has 0 unspecified atom stereocenters. The highest BCUT2D eigenvalue weighted by Crippen LogP contribution is 2.32. The van der Waals surface area contributed by atoms with Crippen LogP contribution in [0.1, 0.15) is 40.5 Å². The predicted molar refractivity (Wildman–Crippen MR) is 82.7 cm³/mol. The van der Waals surface area contributed by atoms with E-state index in [2.05, 4.69) is 6.58 Å². The molecule has 1 heterocycles. The van der Waals surface area contributed by atoms with Gasteiger partial charge in [0, 0.05) is 13.3 Å². The van der Waals surface area contributed by atoms with Crippen molar-refractivity contribution in [1.29, 1.82) is 0 Å². The number of likely N-dealkylation sites (tertiary alicyclic amines) is 1. The maximum Gasteiger partial charge on any atom is 0.411 e. The molecule has 0 aromatic heterocycles. The molecule has 0 aliphatic carbocycles. The third-order valence-electron chi connectivity index (χ3n) is 3.38. The summed E-state index contributed by atoms with van der Waals surface area (Å²) >= 11 is 0. The van der Waals surface area contributed by atoms with Crippen molar-refractivity contribution >= 4 is 18.0 Å². The van der Waals surface area contributed by atoms with Gasteiger partial charge in [0.25, 0.3) is 0 Å². The third kappa shape index (κ3) is 4.97. The number of rotatable bonds is 4. The first-order chi connectivity index (χ1) is 10.6. The van der Waals surface area contributed by atoms with Crippen LogP contribution in [-0.2, 0) is 23.8 Å². The maximum absolute atomic E-state index is 12.5. The highest BCUT2D eigenvalue weighted by atomic mass is 16.6. The van der Waals surface area contributed by atoms with Crippen molar-refractivity contribution in [1.82, 2.24) is 4.90 Å². The Labute approximate surface area is 136 Å². The molecule has 0 spiro atoms. The van der Waals surface area contributed by atoms with E-state index in [-0.39, 0.29) is 6.42 Å². The van der Waals surface area contributed by atoms with Crippen LogP contribution < -0.4 is 0 Å². The molecule has 3 atom stereocenters. The molecule has 0 aromatic carbocycles. The Hall–Kier alpha value is -2.05. The highest BCUT2D eigenvalue weighted by molar-refractivity contribution is 5.83. The fourth-order valence-corrected chi connectivity index (χ4v) is 2.60. The second-order valence-corrected chi connectivity index (χ2v) is 6.40. The van der Waals surface area contributed by atoms with E-state index in [1.807, 2.05) is 0 Å². The van der Waals surface area contributed by atoms with Gasteiger partial charge in [-0.15, -0.1) is 6.58 Å². The molecule has 1 rings (SSSR count). The van der Waals surface area contributed by atoms with Crippen LogP contribution in [0.15, 0.2) is 12.7 Å². The average Bonchev–Trinajstić information content (AvgIpc) is 2.74. The van der Waals surface area contributed by atoms with E-state index in [0.717, 1.165) is 0 Å². The van der Waals surface area contributed by atoms with Gasteiger partial charge in [-0.1, -0.05) is 6.08 Å².